The molecule has 2 heterocycles. The van der Waals surface area contributed by atoms with E-state index in [2.05, 4.69) is 14.8 Å². The molecule has 0 amide bonds. The van der Waals surface area contributed by atoms with E-state index in [0.717, 1.165) is 43.6 Å². The lowest BCUT2D eigenvalue weighted by Crippen LogP contribution is -2.49. The van der Waals surface area contributed by atoms with Gasteiger partial charge >= 0.3 is 0 Å². The molecule has 0 radical (unpaired) electrons. The average Bonchev–Trinajstić information content (AvgIpc) is 3.02. The molecule has 1 aromatic rings. The molecule has 20 heavy (non-hydrogen) atoms. The summed E-state index contributed by atoms with van der Waals surface area (Å²) < 4.78 is 0. The topological polar surface area (TPSA) is 39.6 Å². The molecule has 2 aliphatic rings. The average molecular weight is 275 g/mol. The zero-order chi connectivity index (χ0) is 13.9. The minimum Gasteiger partial charge on any atom is -0.389 e. The molecule has 110 valence electrons. The third kappa shape index (κ3) is 2.96. The van der Waals surface area contributed by atoms with Crippen LogP contribution in [0.5, 0.6) is 0 Å². The number of aliphatic hydroxyl groups excluding tert-OH is 1. The van der Waals surface area contributed by atoms with Crippen LogP contribution in [-0.2, 0) is 0 Å². The molecule has 4 nitrogen and oxygen atoms in total. The number of hydrogen-bond acceptors (Lipinski definition) is 4. The third-order valence-electron chi connectivity index (χ3n) is 4.73. The first-order valence-corrected chi connectivity index (χ1v) is 7.87. The maximum Gasteiger partial charge on any atom is 0.128 e. The third-order valence-corrected chi connectivity index (χ3v) is 4.73. The minimum atomic E-state index is -0.434. The van der Waals surface area contributed by atoms with Gasteiger partial charge < -0.3 is 10.0 Å². The molecule has 0 spiro atoms. The fraction of sp³-hybridized carbons (Fsp3) is 0.688. The van der Waals surface area contributed by atoms with Crippen molar-refractivity contribution in [1.29, 1.82) is 0 Å². The normalized spacial score (nSPS) is 23.2. The van der Waals surface area contributed by atoms with Gasteiger partial charge in [0, 0.05) is 38.4 Å². The van der Waals surface area contributed by atoms with Crippen molar-refractivity contribution in [1.82, 2.24) is 9.88 Å². The molecule has 0 unspecified atom stereocenters. The SMILES string of the molecule is C[C@@H](O)c1ccc(N2CCN(C3CCCC3)CC2)nc1. The summed E-state index contributed by atoms with van der Waals surface area (Å²) in [5.41, 5.74) is 0.887. The van der Waals surface area contributed by atoms with E-state index in [4.69, 9.17) is 0 Å². The molecular formula is C16H25N3O. The molecule has 1 aliphatic heterocycles. The number of anilines is 1. The van der Waals surface area contributed by atoms with E-state index in [1.54, 1.807) is 13.1 Å². The lowest BCUT2D eigenvalue weighted by Gasteiger charge is -2.38. The second-order valence-corrected chi connectivity index (χ2v) is 6.09. The van der Waals surface area contributed by atoms with Gasteiger partial charge in [0.15, 0.2) is 0 Å². The smallest absolute Gasteiger partial charge is 0.128 e. The first-order valence-electron chi connectivity index (χ1n) is 7.87. The van der Waals surface area contributed by atoms with Crippen LogP contribution < -0.4 is 4.90 Å². The number of hydrogen-bond donors (Lipinski definition) is 1. The van der Waals surface area contributed by atoms with Crippen LogP contribution in [0, 0.1) is 0 Å². The summed E-state index contributed by atoms with van der Waals surface area (Å²) in [6, 6.07) is 4.85. The number of rotatable bonds is 3. The molecule has 1 aromatic heterocycles. The molecule has 0 aromatic carbocycles. The van der Waals surface area contributed by atoms with Crippen molar-refractivity contribution in [2.24, 2.45) is 0 Å². The van der Waals surface area contributed by atoms with Crippen molar-refractivity contribution < 1.29 is 5.11 Å². The zero-order valence-electron chi connectivity index (χ0n) is 12.3. The maximum atomic E-state index is 9.52. The van der Waals surface area contributed by atoms with Crippen molar-refractivity contribution in [2.75, 3.05) is 31.1 Å². The summed E-state index contributed by atoms with van der Waals surface area (Å²) in [5.74, 6) is 1.04. The molecule has 1 N–H and O–H groups in total. The Labute approximate surface area is 121 Å². The molecule has 3 rings (SSSR count). The summed E-state index contributed by atoms with van der Waals surface area (Å²) in [5, 5.41) is 9.52. The first kappa shape index (κ1) is 13.8. The van der Waals surface area contributed by atoms with Gasteiger partial charge in [0.1, 0.15) is 5.82 Å². The van der Waals surface area contributed by atoms with E-state index < -0.39 is 6.10 Å². The summed E-state index contributed by atoms with van der Waals surface area (Å²) >= 11 is 0. The van der Waals surface area contributed by atoms with Crippen LogP contribution in [0.2, 0.25) is 0 Å². The Hall–Kier alpha value is -1.13. The molecule has 1 saturated carbocycles. The Morgan fingerprint density at radius 1 is 1.15 bits per heavy atom. The van der Waals surface area contributed by atoms with Gasteiger partial charge in [-0.2, -0.15) is 0 Å². The van der Waals surface area contributed by atoms with Crippen LogP contribution in [0.1, 0.15) is 44.3 Å². The van der Waals surface area contributed by atoms with Crippen molar-refractivity contribution in [3.63, 3.8) is 0 Å². The quantitative estimate of drug-likeness (QED) is 0.918. The van der Waals surface area contributed by atoms with Gasteiger partial charge in [0.25, 0.3) is 0 Å². The monoisotopic (exact) mass is 275 g/mol. The van der Waals surface area contributed by atoms with Crippen LogP contribution in [0.25, 0.3) is 0 Å². The van der Waals surface area contributed by atoms with Crippen LogP contribution in [0.3, 0.4) is 0 Å². The lowest BCUT2D eigenvalue weighted by atomic mass is 10.1. The van der Waals surface area contributed by atoms with Gasteiger partial charge in [-0.05, 0) is 31.4 Å². The molecular weight excluding hydrogens is 250 g/mol. The summed E-state index contributed by atoms with van der Waals surface area (Å²) in [4.78, 5) is 9.51. The van der Waals surface area contributed by atoms with Gasteiger partial charge in [0.2, 0.25) is 0 Å². The predicted molar refractivity (Wildman–Crippen MR) is 80.9 cm³/mol. The number of aliphatic hydroxyl groups is 1. The fourth-order valence-corrected chi connectivity index (χ4v) is 3.42. The van der Waals surface area contributed by atoms with Crippen LogP contribution >= 0.6 is 0 Å². The van der Waals surface area contributed by atoms with E-state index in [-0.39, 0.29) is 0 Å². The standard InChI is InChI=1S/C16H25N3O/c1-13(20)14-6-7-16(17-12-14)19-10-8-18(9-11-19)15-4-2-3-5-15/h6-7,12-13,15,20H,2-5,8-11H2,1H3/t13-/m1/s1. The van der Waals surface area contributed by atoms with E-state index in [1.165, 1.54) is 25.7 Å². The Morgan fingerprint density at radius 3 is 2.40 bits per heavy atom. The van der Waals surface area contributed by atoms with Crippen molar-refractivity contribution in [3.05, 3.63) is 23.9 Å². The van der Waals surface area contributed by atoms with E-state index in [9.17, 15) is 5.11 Å². The molecule has 4 heteroatoms. The highest BCUT2D eigenvalue weighted by molar-refractivity contribution is 5.40. The number of aromatic nitrogens is 1. The largest absolute Gasteiger partial charge is 0.389 e. The second-order valence-electron chi connectivity index (χ2n) is 6.09. The maximum absolute atomic E-state index is 9.52. The highest BCUT2D eigenvalue weighted by Crippen LogP contribution is 2.25. The highest BCUT2D eigenvalue weighted by atomic mass is 16.3. The van der Waals surface area contributed by atoms with E-state index >= 15 is 0 Å². The molecule has 1 atom stereocenters. The Kier molecular flexibility index (Phi) is 4.22. The van der Waals surface area contributed by atoms with Crippen LogP contribution in [0.15, 0.2) is 18.3 Å². The molecule has 1 saturated heterocycles. The Morgan fingerprint density at radius 2 is 1.85 bits per heavy atom. The van der Waals surface area contributed by atoms with E-state index in [0.29, 0.717) is 0 Å². The van der Waals surface area contributed by atoms with Crippen molar-refractivity contribution >= 4 is 5.82 Å². The van der Waals surface area contributed by atoms with Crippen LogP contribution in [0.4, 0.5) is 5.82 Å². The first-order chi connectivity index (χ1) is 9.74. The number of nitrogens with zero attached hydrogens (tertiary/aromatic N) is 3. The summed E-state index contributed by atoms with van der Waals surface area (Å²) in [6.45, 7) is 6.22. The second kappa shape index (κ2) is 6.10. The Bertz CT molecular complexity index is 418. The van der Waals surface area contributed by atoms with Gasteiger partial charge in [-0.3, -0.25) is 4.90 Å². The van der Waals surface area contributed by atoms with Crippen LogP contribution in [-0.4, -0.2) is 47.2 Å². The summed E-state index contributed by atoms with van der Waals surface area (Å²) in [6.07, 6.45) is 6.96. The molecule has 0 bridgehead atoms. The Balaban J connectivity index is 1.57. The molecule has 1 aliphatic carbocycles. The van der Waals surface area contributed by atoms with Gasteiger partial charge in [-0.25, -0.2) is 4.98 Å². The fourth-order valence-electron chi connectivity index (χ4n) is 3.42. The van der Waals surface area contributed by atoms with E-state index in [1.807, 2.05) is 12.1 Å². The number of piperazine rings is 1. The highest BCUT2D eigenvalue weighted by Gasteiger charge is 2.26. The summed E-state index contributed by atoms with van der Waals surface area (Å²) in [7, 11) is 0. The lowest BCUT2D eigenvalue weighted by molar-refractivity contribution is 0.187. The van der Waals surface area contributed by atoms with Gasteiger partial charge in [0.05, 0.1) is 6.10 Å². The minimum absolute atomic E-state index is 0.434. The number of pyridine rings is 1. The van der Waals surface area contributed by atoms with Crippen molar-refractivity contribution in [3.8, 4) is 0 Å². The van der Waals surface area contributed by atoms with Gasteiger partial charge in [-0.1, -0.05) is 18.9 Å². The van der Waals surface area contributed by atoms with Crippen molar-refractivity contribution in [2.45, 2.75) is 44.8 Å². The zero-order valence-corrected chi connectivity index (χ0v) is 12.3. The van der Waals surface area contributed by atoms with Gasteiger partial charge in [-0.15, -0.1) is 0 Å². The molecule has 2 fully saturated rings. The predicted octanol–water partition coefficient (Wildman–Crippen LogP) is 2.20.